The molecule has 1 aromatic carbocycles. The smallest absolute Gasteiger partial charge is 0.254 e. The molecule has 1 unspecified atom stereocenters. The van der Waals surface area contributed by atoms with Gasteiger partial charge < -0.3 is 15.4 Å². The first-order chi connectivity index (χ1) is 11.1. The molecule has 3 rings (SSSR count). The molecule has 0 bridgehead atoms. The summed E-state index contributed by atoms with van der Waals surface area (Å²) >= 11 is 0. The molecule has 1 fully saturated rings. The molecule has 0 spiro atoms. The predicted molar refractivity (Wildman–Crippen MR) is 105 cm³/mol. The number of methoxy groups -OCH3 is 1. The number of nitrogens with zero attached hydrogens (tertiary/aromatic N) is 2. The molecule has 1 saturated heterocycles. The van der Waals surface area contributed by atoms with E-state index in [4.69, 9.17) is 10.5 Å². The fourth-order valence-corrected chi connectivity index (χ4v) is 3.26. The molecule has 2 N–H and O–H groups in total. The lowest BCUT2D eigenvalue weighted by molar-refractivity contribution is 0.0680. The van der Waals surface area contributed by atoms with Crippen molar-refractivity contribution in [3.63, 3.8) is 0 Å². The molecule has 138 valence electrons. The van der Waals surface area contributed by atoms with Gasteiger partial charge in [0.25, 0.3) is 5.91 Å². The Labute approximate surface area is 160 Å². The normalized spacial score (nSPS) is 16.8. The number of nitrogens with two attached hydrogens (primary N) is 1. The van der Waals surface area contributed by atoms with Crippen LogP contribution in [0, 0.1) is 12.8 Å². The molecule has 5 nitrogen and oxygen atoms in total. The number of likely N-dealkylation sites (tertiary alicyclic amines) is 1. The van der Waals surface area contributed by atoms with E-state index in [1.165, 1.54) is 0 Å². The van der Waals surface area contributed by atoms with Crippen LogP contribution in [0.2, 0.25) is 0 Å². The highest BCUT2D eigenvalue weighted by molar-refractivity contribution is 6.06. The van der Waals surface area contributed by atoms with Crippen LogP contribution in [0.5, 0.6) is 5.75 Å². The Balaban J connectivity index is 0.00000156. The van der Waals surface area contributed by atoms with E-state index in [0.29, 0.717) is 18.0 Å². The SMILES string of the molecule is COc1ccc2c(C(=O)N3CCCC(CN)C3)cc(C)nc2c1.Cl.Cl. The van der Waals surface area contributed by atoms with Crippen molar-refractivity contribution >= 4 is 41.6 Å². The maximum absolute atomic E-state index is 13.0. The van der Waals surface area contributed by atoms with E-state index in [1.54, 1.807) is 7.11 Å². The minimum Gasteiger partial charge on any atom is -0.497 e. The molecule has 1 atom stereocenters. The summed E-state index contributed by atoms with van der Waals surface area (Å²) in [6.45, 7) is 4.09. The summed E-state index contributed by atoms with van der Waals surface area (Å²) in [6.07, 6.45) is 2.12. The maximum Gasteiger partial charge on any atom is 0.254 e. The number of aromatic nitrogens is 1. The van der Waals surface area contributed by atoms with Crippen LogP contribution in [0.15, 0.2) is 24.3 Å². The molecule has 0 aliphatic carbocycles. The quantitative estimate of drug-likeness (QED) is 0.880. The van der Waals surface area contributed by atoms with E-state index >= 15 is 0 Å². The Morgan fingerprint density at radius 1 is 1.36 bits per heavy atom. The van der Waals surface area contributed by atoms with Gasteiger partial charge in [0, 0.05) is 30.2 Å². The highest BCUT2D eigenvalue weighted by Gasteiger charge is 2.25. The molecular weight excluding hydrogens is 361 g/mol. The predicted octanol–water partition coefficient (Wildman–Crippen LogP) is 3.21. The molecule has 0 radical (unpaired) electrons. The Morgan fingerprint density at radius 3 is 2.80 bits per heavy atom. The van der Waals surface area contributed by atoms with Gasteiger partial charge in [-0.2, -0.15) is 0 Å². The maximum atomic E-state index is 13.0. The van der Waals surface area contributed by atoms with E-state index in [-0.39, 0.29) is 30.7 Å². The number of ether oxygens (including phenoxy) is 1. The number of hydrogen-bond donors (Lipinski definition) is 1. The zero-order valence-corrected chi connectivity index (χ0v) is 16.2. The van der Waals surface area contributed by atoms with Gasteiger partial charge in [0.1, 0.15) is 5.75 Å². The fraction of sp³-hybridized carbons (Fsp3) is 0.444. The van der Waals surface area contributed by atoms with E-state index in [1.807, 2.05) is 36.1 Å². The van der Waals surface area contributed by atoms with Crippen molar-refractivity contribution in [1.29, 1.82) is 0 Å². The second-order valence-corrected chi connectivity index (χ2v) is 6.19. The molecule has 2 heterocycles. The number of halogens is 2. The minimum absolute atomic E-state index is 0. The fourth-order valence-electron chi connectivity index (χ4n) is 3.26. The van der Waals surface area contributed by atoms with Gasteiger partial charge in [-0.25, -0.2) is 0 Å². The van der Waals surface area contributed by atoms with Gasteiger partial charge in [0.15, 0.2) is 0 Å². The first-order valence-electron chi connectivity index (χ1n) is 8.07. The number of fused-ring (bicyclic) bond motifs is 1. The zero-order chi connectivity index (χ0) is 16.4. The van der Waals surface area contributed by atoms with Crippen molar-refractivity contribution in [3.05, 3.63) is 35.5 Å². The molecule has 1 amide bonds. The van der Waals surface area contributed by atoms with Gasteiger partial charge in [-0.1, -0.05) is 0 Å². The lowest BCUT2D eigenvalue weighted by Gasteiger charge is -2.32. The van der Waals surface area contributed by atoms with Crippen LogP contribution in [0.4, 0.5) is 0 Å². The third-order valence-corrected chi connectivity index (χ3v) is 4.52. The van der Waals surface area contributed by atoms with E-state index in [9.17, 15) is 4.79 Å². The molecule has 0 saturated carbocycles. The molecule has 7 heteroatoms. The van der Waals surface area contributed by atoms with Crippen LogP contribution in [-0.2, 0) is 0 Å². The number of hydrogen-bond acceptors (Lipinski definition) is 4. The Kier molecular flexibility index (Phi) is 7.93. The minimum atomic E-state index is 0. The van der Waals surface area contributed by atoms with Crippen molar-refractivity contribution in [1.82, 2.24) is 9.88 Å². The zero-order valence-electron chi connectivity index (χ0n) is 14.5. The van der Waals surface area contributed by atoms with E-state index < -0.39 is 0 Å². The Bertz CT molecular complexity index is 740. The average molecular weight is 386 g/mol. The summed E-state index contributed by atoms with van der Waals surface area (Å²) in [6, 6.07) is 7.54. The summed E-state index contributed by atoms with van der Waals surface area (Å²) in [4.78, 5) is 19.5. The van der Waals surface area contributed by atoms with Gasteiger partial charge in [-0.3, -0.25) is 9.78 Å². The summed E-state index contributed by atoms with van der Waals surface area (Å²) in [7, 11) is 1.63. The number of aryl methyl sites for hydroxylation is 1. The number of amides is 1. The van der Waals surface area contributed by atoms with Crippen LogP contribution in [0.25, 0.3) is 10.9 Å². The molecule has 1 aliphatic rings. The molecular formula is C18H25Cl2N3O2. The number of piperidine rings is 1. The van der Waals surface area contributed by atoms with Gasteiger partial charge in [0.05, 0.1) is 18.2 Å². The number of benzene rings is 1. The molecule has 25 heavy (non-hydrogen) atoms. The summed E-state index contributed by atoms with van der Waals surface area (Å²) in [5.41, 5.74) is 8.13. The lowest BCUT2D eigenvalue weighted by atomic mass is 9.97. The second kappa shape index (κ2) is 9.22. The Morgan fingerprint density at radius 2 is 2.12 bits per heavy atom. The molecule has 1 aromatic heterocycles. The first kappa shape index (κ1) is 21.5. The number of pyridine rings is 1. The third-order valence-electron chi connectivity index (χ3n) is 4.52. The summed E-state index contributed by atoms with van der Waals surface area (Å²) < 4.78 is 5.26. The van der Waals surface area contributed by atoms with Crippen LogP contribution in [0.1, 0.15) is 28.9 Å². The van der Waals surface area contributed by atoms with Gasteiger partial charge >= 0.3 is 0 Å². The third kappa shape index (κ3) is 4.54. The van der Waals surface area contributed by atoms with E-state index in [2.05, 4.69) is 4.98 Å². The van der Waals surface area contributed by atoms with Gasteiger partial charge in [-0.05, 0) is 50.4 Å². The highest BCUT2D eigenvalue weighted by Crippen LogP contribution is 2.26. The van der Waals surface area contributed by atoms with Crippen molar-refractivity contribution < 1.29 is 9.53 Å². The number of carbonyl (C=O) groups excluding carboxylic acids is 1. The molecule has 1 aliphatic heterocycles. The number of carbonyl (C=O) groups is 1. The Hall–Kier alpha value is -1.56. The van der Waals surface area contributed by atoms with Gasteiger partial charge in [-0.15, -0.1) is 24.8 Å². The number of rotatable bonds is 3. The van der Waals surface area contributed by atoms with Crippen LogP contribution in [0.3, 0.4) is 0 Å². The van der Waals surface area contributed by atoms with Crippen LogP contribution >= 0.6 is 24.8 Å². The average Bonchev–Trinajstić information content (AvgIpc) is 2.59. The standard InChI is InChI=1S/C18H23N3O2.2ClH/c1-12-8-16(15-6-5-14(23-2)9-17(15)20-12)18(22)21-7-3-4-13(10-19)11-21;;/h5-6,8-9,13H,3-4,7,10-11,19H2,1-2H3;2*1H. The van der Waals surface area contributed by atoms with Crippen molar-refractivity contribution in [3.8, 4) is 5.75 Å². The summed E-state index contributed by atoms with van der Waals surface area (Å²) in [5, 5.41) is 0.872. The van der Waals surface area contributed by atoms with Gasteiger partial charge in [0.2, 0.25) is 0 Å². The van der Waals surface area contributed by atoms with Crippen molar-refractivity contribution in [2.24, 2.45) is 11.7 Å². The topological polar surface area (TPSA) is 68.5 Å². The van der Waals surface area contributed by atoms with E-state index in [0.717, 1.165) is 48.3 Å². The second-order valence-electron chi connectivity index (χ2n) is 6.19. The van der Waals surface area contributed by atoms with Crippen LogP contribution in [-0.4, -0.2) is 42.5 Å². The molecule has 2 aromatic rings. The monoisotopic (exact) mass is 385 g/mol. The van der Waals surface area contributed by atoms with Crippen LogP contribution < -0.4 is 10.5 Å². The van der Waals surface area contributed by atoms with Crippen molar-refractivity contribution in [2.75, 3.05) is 26.7 Å². The highest BCUT2D eigenvalue weighted by atomic mass is 35.5. The largest absolute Gasteiger partial charge is 0.497 e. The lowest BCUT2D eigenvalue weighted by Crippen LogP contribution is -2.42. The first-order valence-corrected chi connectivity index (χ1v) is 8.07. The summed E-state index contributed by atoms with van der Waals surface area (Å²) in [5.74, 6) is 1.22. The van der Waals surface area contributed by atoms with Crippen molar-refractivity contribution in [2.45, 2.75) is 19.8 Å².